The van der Waals surface area contributed by atoms with Gasteiger partial charge in [0.15, 0.2) is 0 Å². The Morgan fingerprint density at radius 1 is 1.11 bits per heavy atom. The molecule has 0 aliphatic rings. The number of carbonyl (C=O) groups is 1. The van der Waals surface area contributed by atoms with Gasteiger partial charge in [-0.1, -0.05) is 25.9 Å². The van der Waals surface area contributed by atoms with Crippen molar-refractivity contribution in [1.29, 1.82) is 0 Å². The summed E-state index contributed by atoms with van der Waals surface area (Å²) in [4.78, 5) is 20.6. The zero-order valence-electron chi connectivity index (χ0n) is 21.7. The molecule has 3 aromatic rings. The highest BCUT2D eigenvalue weighted by Crippen LogP contribution is 2.32. The molecule has 9 heteroatoms. The minimum absolute atomic E-state index is 0.00310. The van der Waals surface area contributed by atoms with Crippen molar-refractivity contribution in [1.82, 2.24) is 20.4 Å². The number of amides is 1. The number of rotatable bonds is 12. The highest BCUT2D eigenvalue weighted by atomic mass is 16.5. The van der Waals surface area contributed by atoms with E-state index in [0.717, 1.165) is 40.8 Å². The number of nitrogens with one attached hydrogen (secondary N) is 1. The van der Waals surface area contributed by atoms with Gasteiger partial charge in [-0.3, -0.25) is 4.79 Å². The third-order valence-corrected chi connectivity index (χ3v) is 6.13. The minimum Gasteiger partial charge on any atom is -0.490 e. The molecule has 2 aromatic heterocycles. The molecular weight excluding hydrogens is 460 g/mol. The first kappa shape index (κ1) is 27.3. The van der Waals surface area contributed by atoms with E-state index in [1.165, 1.54) is 0 Å². The molecule has 0 unspecified atom stereocenters. The molecule has 194 valence electrons. The lowest BCUT2D eigenvalue weighted by atomic mass is 9.97. The van der Waals surface area contributed by atoms with Crippen molar-refractivity contribution in [3.05, 3.63) is 46.6 Å². The van der Waals surface area contributed by atoms with Crippen molar-refractivity contribution in [3.8, 4) is 28.7 Å². The van der Waals surface area contributed by atoms with Crippen molar-refractivity contribution >= 4 is 5.91 Å². The van der Waals surface area contributed by atoms with Crippen LogP contribution in [-0.2, 0) is 11.2 Å². The van der Waals surface area contributed by atoms with E-state index in [-0.39, 0.29) is 13.2 Å². The number of nitrogens with zero attached hydrogens (tertiary/aromatic N) is 3. The molecule has 0 bridgehead atoms. The fourth-order valence-corrected chi connectivity index (χ4v) is 4.14. The van der Waals surface area contributed by atoms with Crippen LogP contribution in [0.5, 0.6) is 5.75 Å². The molecule has 9 nitrogen and oxygen atoms in total. The predicted octanol–water partition coefficient (Wildman–Crippen LogP) is 3.73. The Morgan fingerprint density at radius 2 is 1.86 bits per heavy atom. The monoisotopic (exact) mass is 496 g/mol. The normalized spacial score (nSPS) is 12.1. The summed E-state index contributed by atoms with van der Waals surface area (Å²) >= 11 is 0. The third-order valence-electron chi connectivity index (χ3n) is 6.13. The molecule has 0 saturated heterocycles. The zero-order chi connectivity index (χ0) is 26.2. The number of ether oxygens (including phenoxy) is 1. The number of hydrogen-bond donors (Lipinski definition) is 3. The highest BCUT2D eigenvalue weighted by molar-refractivity contribution is 5.76. The Balaban J connectivity index is 1.81. The summed E-state index contributed by atoms with van der Waals surface area (Å²) in [5.41, 5.74) is 5.42. The van der Waals surface area contributed by atoms with Gasteiger partial charge in [0.2, 0.25) is 11.7 Å². The Kier molecular flexibility index (Phi) is 9.55. The number of carbonyl (C=O) groups excluding carboxylic acids is 1. The molecule has 0 aliphatic carbocycles. The second-order valence-electron chi connectivity index (χ2n) is 8.95. The molecule has 1 atom stereocenters. The molecule has 0 aliphatic heterocycles. The van der Waals surface area contributed by atoms with Crippen molar-refractivity contribution in [3.63, 3.8) is 0 Å². The molecule has 0 fully saturated rings. The van der Waals surface area contributed by atoms with Crippen LogP contribution in [0.15, 0.2) is 28.8 Å². The van der Waals surface area contributed by atoms with Crippen molar-refractivity contribution in [2.24, 2.45) is 0 Å². The molecule has 36 heavy (non-hydrogen) atoms. The van der Waals surface area contributed by atoms with Crippen LogP contribution in [-0.4, -0.2) is 57.1 Å². The van der Waals surface area contributed by atoms with E-state index < -0.39 is 18.6 Å². The minimum atomic E-state index is -0.907. The van der Waals surface area contributed by atoms with Crippen molar-refractivity contribution in [2.45, 2.75) is 65.9 Å². The standard InChI is InChI=1S/C27H36N4O5/c1-6-18(7-2)22-9-16(4)10-23(29-22)27-30-26(31-36-27)20-11-17(5)25(19(8-3)12-20)35-15-21(33)13-28-24(34)14-32/h9-12,18,21,32-33H,6-8,13-15H2,1-5H3,(H,28,34)/t21-/m0/s1. The van der Waals surface area contributed by atoms with Gasteiger partial charge in [-0.2, -0.15) is 4.98 Å². The molecular formula is C27H36N4O5. The SMILES string of the molecule is CCc1cc(-c2noc(-c3cc(C)cc(C(CC)CC)n3)n2)cc(C)c1OC[C@@H](O)CNC(=O)CO. The van der Waals surface area contributed by atoms with Crippen LogP contribution in [0.4, 0.5) is 0 Å². The molecule has 1 aromatic carbocycles. The predicted molar refractivity (Wildman–Crippen MR) is 137 cm³/mol. The maximum atomic E-state index is 11.2. The lowest BCUT2D eigenvalue weighted by Gasteiger charge is -2.17. The van der Waals surface area contributed by atoms with Gasteiger partial charge in [0.25, 0.3) is 5.89 Å². The molecule has 0 spiro atoms. The van der Waals surface area contributed by atoms with Gasteiger partial charge in [0.05, 0.1) is 0 Å². The summed E-state index contributed by atoms with van der Waals surface area (Å²) in [6.45, 7) is 9.69. The van der Waals surface area contributed by atoms with Crippen LogP contribution in [0.3, 0.4) is 0 Å². The van der Waals surface area contributed by atoms with Crippen LogP contribution in [0.2, 0.25) is 0 Å². The first-order chi connectivity index (χ1) is 17.3. The van der Waals surface area contributed by atoms with Gasteiger partial charge in [0.1, 0.15) is 30.8 Å². The van der Waals surface area contributed by atoms with E-state index in [0.29, 0.717) is 35.5 Å². The molecule has 1 amide bonds. The van der Waals surface area contributed by atoms with E-state index in [1.54, 1.807) is 0 Å². The Bertz CT molecular complexity index is 1170. The molecule has 0 radical (unpaired) electrons. The third kappa shape index (κ3) is 6.67. The second-order valence-corrected chi connectivity index (χ2v) is 8.95. The van der Waals surface area contributed by atoms with Gasteiger partial charge in [0, 0.05) is 23.7 Å². The number of aromatic nitrogens is 3. The van der Waals surface area contributed by atoms with Crippen LogP contribution in [0.1, 0.15) is 61.9 Å². The number of aliphatic hydroxyl groups is 2. The van der Waals surface area contributed by atoms with Crippen LogP contribution >= 0.6 is 0 Å². The fraction of sp³-hybridized carbons (Fsp3) is 0.481. The summed E-state index contributed by atoms with van der Waals surface area (Å²) in [5, 5.41) is 25.5. The average molecular weight is 497 g/mol. The van der Waals surface area contributed by atoms with E-state index in [9.17, 15) is 9.90 Å². The fourth-order valence-electron chi connectivity index (χ4n) is 4.14. The average Bonchev–Trinajstić information content (AvgIpc) is 3.37. The first-order valence-corrected chi connectivity index (χ1v) is 12.4. The Morgan fingerprint density at radius 3 is 2.53 bits per heavy atom. The maximum Gasteiger partial charge on any atom is 0.276 e. The van der Waals surface area contributed by atoms with E-state index >= 15 is 0 Å². The van der Waals surface area contributed by atoms with E-state index in [2.05, 4.69) is 35.4 Å². The number of hydrogen-bond acceptors (Lipinski definition) is 8. The maximum absolute atomic E-state index is 11.2. The molecule has 0 saturated carbocycles. The summed E-state index contributed by atoms with van der Waals surface area (Å²) in [6, 6.07) is 7.95. The lowest BCUT2D eigenvalue weighted by molar-refractivity contribution is -0.124. The first-order valence-electron chi connectivity index (χ1n) is 12.4. The summed E-state index contributed by atoms with van der Waals surface area (Å²) < 4.78 is 11.5. The summed E-state index contributed by atoms with van der Waals surface area (Å²) in [7, 11) is 0. The number of aryl methyl sites for hydroxylation is 3. The quantitative estimate of drug-likeness (QED) is 0.346. The van der Waals surface area contributed by atoms with E-state index in [1.807, 2.05) is 39.0 Å². The topological polar surface area (TPSA) is 131 Å². The van der Waals surface area contributed by atoms with Gasteiger partial charge < -0.3 is 24.8 Å². The van der Waals surface area contributed by atoms with E-state index in [4.69, 9.17) is 19.4 Å². The number of pyridine rings is 1. The van der Waals surface area contributed by atoms with Crippen molar-refractivity contribution in [2.75, 3.05) is 19.8 Å². The van der Waals surface area contributed by atoms with Gasteiger partial charge in [-0.05, 0) is 74.1 Å². The largest absolute Gasteiger partial charge is 0.490 e. The van der Waals surface area contributed by atoms with Gasteiger partial charge >= 0.3 is 0 Å². The van der Waals surface area contributed by atoms with Crippen LogP contribution in [0, 0.1) is 13.8 Å². The molecule has 3 rings (SSSR count). The lowest BCUT2D eigenvalue weighted by Crippen LogP contribution is -2.36. The smallest absolute Gasteiger partial charge is 0.276 e. The molecule has 2 heterocycles. The second kappa shape index (κ2) is 12.6. The Labute approximate surface area is 211 Å². The number of benzene rings is 1. The van der Waals surface area contributed by atoms with Gasteiger partial charge in [-0.25, -0.2) is 4.98 Å². The van der Waals surface area contributed by atoms with Gasteiger partial charge in [-0.15, -0.1) is 0 Å². The highest BCUT2D eigenvalue weighted by Gasteiger charge is 2.18. The van der Waals surface area contributed by atoms with Crippen LogP contribution < -0.4 is 10.1 Å². The molecule has 3 N–H and O–H groups in total. The van der Waals surface area contributed by atoms with Crippen molar-refractivity contribution < 1.29 is 24.3 Å². The Hall–Kier alpha value is -3.30. The van der Waals surface area contributed by atoms with Crippen LogP contribution in [0.25, 0.3) is 23.0 Å². The summed E-state index contributed by atoms with van der Waals surface area (Å²) in [6.07, 6.45) is 1.83. The summed E-state index contributed by atoms with van der Waals surface area (Å²) in [5.74, 6) is 1.36. The number of aliphatic hydroxyl groups excluding tert-OH is 2. The zero-order valence-corrected chi connectivity index (χ0v) is 21.7.